The molecule has 1 fully saturated rings. The number of benzene rings is 1. The van der Waals surface area contributed by atoms with E-state index in [-0.39, 0.29) is 6.03 Å². The van der Waals surface area contributed by atoms with E-state index in [2.05, 4.69) is 22.5 Å². The molecule has 0 aliphatic carbocycles. The number of amides is 2. The molecule has 116 valence electrons. The first-order valence-corrected chi connectivity index (χ1v) is 7.75. The lowest BCUT2D eigenvalue weighted by Gasteiger charge is -2.29. The normalized spacial score (nSPS) is 14.9. The van der Waals surface area contributed by atoms with Gasteiger partial charge in [-0.25, -0.2) is 4.79 Å². The van der Waals surface area contributed by atoms with Crippen molar-refractivity contribution in [1.29, 1.82) is 0 Å². The number of ether oxygens (including phenoxy) is 1. The van der Waals surface area contributed by atoms with Crippen molar-refractivity contribution in [3.8, 4) is 0 Å². The Morgan fingerprint density at radius 3 is 2.81 bits per heavy atom. The largest absolute Gasteiger partial charge is 0.378 e. The number of nitrogens with one attached hydrogen (secondary N) is 2. The van der Waals surface area contributed by atoms with E-state index < -0.39 is 0 Å². The second-order valence-electron chi connectivity index (χ2n) is 5.00. The first-order chi connectivity index (χ1) is 10.2. The Bertz CT molecular complexity index is 476. The molecule has 1 aliphatic heterocycles. The van der Waals surface area contributed by atoms with Gasteiger partial charge in [0.1, 0.15) is 0 Å². The van der Waals surface area contributed by atoms with Crippen LogP contribution in [-0.2, 0) is 4.74 Å². The van der Waals surface area contributed by atoms with Crippen LogP contribution in [0.25, 0.3) is 0 Å². The van der Waals surface area contributed by atoms with Crippen molar-refractivity contribution >= 4 is 29.0 Å². The van der Waals surface area contributed by atoms with E-state index >= 15 is 0 Å². The fourth-order valence-electron chi connectivity index (χ4n) is 2.20. The molecule has 1 saturated heterocycles. The molecule has 0 aromatic heterocycles. The van der Waals surface area contributed by atoms with Gasteiger partial charge in [-0.2, -0.15) is 0 Å². The lowest BCUT2D eigenvalue weighted by atomic mass is 10.2. The molecule has 0 spiro atoms. The maximum Gasteiger partial charge on any atom is 0.319 e. The minimum Gasteiger partial charge on any atom is -0.378 e. The summed E-state index contributed by atoms with van der Waals surface area (Å²) in [4.78, 5) is 13.9. The van der Waals surface area contributed by atoms with Crippen molar-refractivity contribution in [1.82, 2.24) is 5.32 Å². The maximum absolute atomic E-state index is 11.7. The summed E-state index contributed by atoms with van der Waals surface area (Å²) in [6, 6.07) is 5.40. The minimum absolute atomic E-state index is 0.196. The molecule has 1 aromatic carbocycles. The van der Waals surface area contributed by atoms with E-state index in [0.29, 0.717) is 17.3 Å². The highest BCUT2D eigenvalue weighted by atomic mass is 35.5. The van der Waals surface area contributed by atoms with Gasteiger partial charge in [-0.15, -0.1) is 0 Å². The summed E-state index contributed by atoms with van der Waals surface area (Å²) in [6.45, 7) is 5.88. The summed E-state index contributed by atoms with van der Waals surface area (Å²) < 4.78 is 5.33. The van der Waals surface area contributed by atoms with E-state index in [9.17, 15) is 4.79 Å². The van der Waals surface area contributed by atoms with Crippen LogP contribution in [0.4, 0.5) is 16.2 Å². The van der Waals surface area contributed by atoms with Gasteiger partial charge in [-0.3, -0.25) is 0 Å². The van der Waals surface area contributed by atoms with Gasteiger partial charge >= 0.3 is 6.03 Å². The third kappa shape index (κ3) is 4.79. The summed E-state index contributed by atoms with van der Waals surface area (Å²) in [5.74, 6) is 0. The molecule has 0 unspecified atom stereocenters. The number of urea groups is 1. The van der Waals surface area contributed by atoms with Gasteiger partial charge in [0.2, 0.25) is 0 Å². The van der Waals surface area contributed by atoms with Gasteiger partial charge in [0.15, 0.2) is 0 Å². The van der Waals surface area contributed by atoms with E-state index in [4.69, 9.17) is 16.3 Å². The molecule has 1 aliphatic rings. The van der Waals surface area contributed by atoms with E-state index in [1.54, 1.807) is 6.07 Å². The van der Waals surface area contributed by atoms with E-state index in [1.165, 1.54) is 0 Å². The lowest BCUT2D eigenvalue weighted by molar-refractivity contribution is 0.122. The molecule has 0 atom stereocenters. The molecule has 2 N–H and O–H groups in total. The number of morpholine rings is 1. The van der Waals surface area contributed by atoms with Gasteiger partial charge in [-0.1, -0.05) is 24.9 Å². The molecule has 0 saturated carbocycles. The number of nitrogens with zero attached hydrogens (tertiary/aromatic N) is 1. The fourth-order valence-corrected chi connectivity index (χ4v) is 2.50. The van der Waals surface area contributed by atoms with Crippen LogP contribution < -0.4 is 15.5 Å². The van der Waals surface area contributed by atoms with Crippen LogP contribution in [0.2, 0.25) is 5.02 Å². The molecular weight excluding hydrogens is 290 g/mol. The van der Waals surface area contributed by atoms with Crippen LogP contribution in [-0.4, -0.2) is 38.9 Å². The average Bonchev–Trinajstić information content (AvgIpc) is 2.48. The number of hydrogen-bond donors (Lipinski definition) is 2. The first kappa shape index (κ1) is 15.9. The second kappa shape index (κ2) is 8.10. The first-order valence-electron chi connectivity index (χ1n) is 7.38. The Kier molecular flexibility index (Phi) is 6.14. The summed E-state index contributed by atoms with van der Waals surface area (Å²) in [7, 11) is 0. The summed E-state index contributed by atoms with van der Waals surface area (Å²) in [5, 5.41) is 6.25. The van der Waals surface area contributed by atoms with Gasteiger partial charge in [0.25, 0.3) is 0 Å². The SMILES string of the molecule is CCCCNC(=O)Nc1ccc(N2CCOCC2)c(Cl)c1. The molecule has 2 amide bonds. The molecule has 5 nitrogen and oxygen atoms in total. The van der Waals surface area contributed by atoms with Gasteiger partial charge < -0.3 is 20.3 Å². The highest BCUT2D eigenvalue weighted by Gasteiger charge is 2.14. The van der Waals surface area contributed by atoms with Crippen molar-refractivity contribution < 1.29 is 9.53 Å². The summed E-state index contributed by atoms with van der Waals surface area (Å²) >= 11 is 6.32. The number of unbranched alkanes of at least 4 members (excludes halogenated alkanes) is 1. The van der Waals surface area contributed by atoms with Crippen molar-refractivity contribution in [2.24, 2.45) is 0 Å². The van der Waals surface area contributed by atoms with Gasteiger partial charge in [-0.05, 0) is 24.6 Å². The number of halogens is 1. The van der Waals surface area contributed by atoms with Gasteiger partial charge in [0.05, 0.1) is 23.9 Å². The van der Waals surface area contributed by atoms with Crippen molar-refractivity contribution in [2.75, 3.05) is 43.1 Å². The van der Waals surface area contributed by atoms with Crippen molar-refractivity contribution in [2.45, 2.75) is 19.8 Å². The quantitative estimate of drug-likeness (QED) is 0.822. The number of anilines is 2. The lowest BCUT2D eigenvalue weighted by Crippen LogP contribution is -2.36. The zero-order chi connectivity index (χ0) is 15.1. The molecule has 0 radical (unpaired) electrons. The topological polar surface area (TPSA) is 53.6 Å². The molecule has 0 bridgehead atoms. The Balaban J connectivity index is 1.93. The van der Waals surface area contributed by atoms with Crippen LogP contribution in [0.3, 0.4) is 0 Å². The molecule has 1 heterocycles. The standard InChI is InChI=1S/C15H22ClN3O2/c1-2-3-6-17-15(20)18-12-4-5-14(13(16)11-12)19-7-9-21-10-8-19/h4-5,11H,2-3,6-10H2,1H3,(H2,17,18,20). The summed E-state index contributed by atoms with van der Waals surface area (Å²) in [6.07, 6.45) is 2.03. The predicted molar refractivity (Wildman–Crippen MR) is 86.4 cm³/mol. The highest BCUT2D eigenvalue weighted by Crippen LogP contribution is 2.29. The molecule has 1 aromatic rings. The molecule has 6 heteroatoms. The van der Waals surface area contributed by atoms with Crippen LogP contribution >= 0.6 is 11.6 Å². The highest BCUT2D eigenvalue weighted by molar-refractivity contribution is 6.33. The second-order valence-corrected chi connectivity index (χ2v) is 5.41. The fraction of sp³-hybridized carbons (Fsp3) is 0.533. The number of hydrogen-bond acceptors (Lipinski definition) is 3. The number of carbonyl (C=O) groups is 1. The smallest absolute Gasteiger partial charge is 0.319 e. The average molecular weight is 312 g/mol. The molecular formula is C15H22ClN3O2. The Labute approximate surface area is 130 Å². The summed E-state index contributed by atoms with van der Waals surface area (Å²) in [5.41, 5.74) is 1.68. The predicted octanol–water partition coefficient (Wildman–Crippen LogP) is 3.10. The Morgan fingerprint density at radius 1 is 1.38 bits per heavy atom. The number of carbonyl (C=O) groups excluding carboxylic acids is 1. The molecule has 21 heavy (non-hydrogen) atoms. The van der Waals surface area contributed by atoms with E-state index in [1.807, 2.05) is 12.1 Å². The van der Waals surface area contributed by atoms with Crippen molar-refractivity contribution in [3.63, 3.8) is 0 Å². The third-order valence-electron chi connectivity index (χ3n) is 3.37. The van der Waals surface area contributed by atoms with E-state index in [0.717, 1.165) is 44.8 Å². The zero-order valence-corrected chi connectivity index (χ0v) is 13.1. The monoisotopic (exact) mass is 311 g/mol. The zero-order valence-electron chi connectivity index (χ0n) is 12.3. The van der Waals surface area contributed by atoms with Gasteiger partial charge in [0, 0.05) is 25.3 Å². The Hall–Kier alpha value is -1.46. The number of rotatable bonds is 5. The third-order valence-corrected chi connectivity index (χ3v) is 3.68. The Morgan fingerprint density at radius 2 is 2.14 bits per heavy atom. The maximum atomic E-state index is 11.7. The van der Waals surface area contributed by atoms with Crippen LogP contribution in [0.5, 0.6) is 0 Å². The van der Waals surface area contributed by atoms with Crippen LogP contribution in [0.15, 0.2) is 18.2 Å². The van der Waals surface area contributed by atoms with Crippen LogP contribution in [0.1, 0.15) is 19.8 Å². The van der Waals surface area contributed by atoms with Crippen LogP contribution in [0, 0.1) is 0 Å². The van der Waals surface area contributed by atoms with Crippen molar-refractivity contribution in [3.05, 3.63) is 23.2 Å². The molecule has 2 rings (SSSR count). The minimum atomic E-state index is -0.196.